The zero-order chi connectivity index (χ0) is 26.6. The van der Waals surface area contributed by atoms with Crippen LogP contribution in [0.5, 0.6) is 5.75 Å². The summed E-state index contributed by atoms with van der Waals surface area (Å²) >= 11 is 0. The number of carbonyl (C=O) groups is 2. The first-order valence-corrected chi connectivity index (χ1v) is 11.7. The van der Waals surface area contributed by atoms with Crippen LogP contribution in [0.3, 0.4) is 0 Å². The summed E-state index contributed by atoms with van der Waals surface area (Å²) in [7, 11) is 0. The molecule has 9 heteroatoms. The van der Waals surface area contributed by atoms with Crippen molar-refractivity contribution in [1.29, 1.82) is 0 Å². The minimum absolute atomic E-state index is 0.0526. The fourth-order valence-electron chi connectivity index (χ4n) is 4.40. The summed E-state index contributed by atoms with van der Waals surface area (Å²) in [6.07, 6.45) is -6.31. The second-order valence-corrected chi connectivity index (χ2v) is 8.86. The molecule has 1 N–H and O–H groups in total. The quantitative estimate of drug-likeness (QED) is 0.446. The van der Waals surface area contributed by atoms with E-state index in [0.717, 1.165) is 16.0 Å². The number of halogens is 3. The van der Waals surface area contributed by atoms with Crippen LogP contribution in [0.2, 0.25) is 0 Å². The Balaban J connectivity index is 1.65. The van der Waals surface area contributed by atoms with Crippen molar-refractivity contribution in [2.75, 3.05) is 6.61 Å². The van der Waals surface area contributed by atoms with Gasteiger partial charge in [0.1, 0.15) is 25.0 Å². The van der Waals surface area contributed by atoms with Crippen LogP contribution < -0.4 is 4.74 Å². The van der Waals surface area contributed by atoms with Gasteiger partial charge in [-0.25, -0.2) is 4.79 Å². The summed E-state index contributed by atoms with van der Waals surface area (Å²) in [6, 6.07) is 19.6. The van der Waals surface area contributed by atoms with Gasteiger partial charge in [-0.05, 0) is 29.2 Å². The van der Waals surface area contributed by atoms with Gasteiger partial charge in [-0.3, -0.25) is 4.79 Å². The van der Waals surface area contributed by atoms with Crippen LogP contribution in [0.1, 0.15) is 33.9 Å². The Morgan fingerprint density at radius 1 is 1.03 bits per heavy atom. The number of alkyl halides is 3. The van der Waals surface area contributed by atoms with E-state index < -0.39 is 36.8 Å². The van der Waals surface area contributed by atoms with Gasteiger partial charge in [-0.15, -0.1) is 0 Å². The standard InChI is InChI=1S/C28H26F3NO5/c1-18-12-13-21-15-32(26(33)25(37-17-28(29,30)31)20-10-6-3-7-11-20)23(27(34)35)14-22(21)24(18)36-16-19-8-4-2-5-9-19/h2-13,23,25H,14-17H2,1H3,(H,34,35)/t23-,25-/m0/s1. The Bertz CT molecular complexity index is 1250. The maximum absolute atomic E-state index is 13.5. The molecule has 0 bridgehead atoms. The number of carboxylic acids is 1. The van der Waals surface area contributed by atoms with Gasteiger partial charge in [0.25, 0.3) is 5.91 Å². The smallest absolute Gasteiger partial charge is 0.411 e. The lowest BCUT2D eigenvalue weighted by molar-refractivity contribution is -0.193. The van der Waals surface area contributed by atoms with Crippen molar-refractivity contribution in [3.63, 3.8) is 0 Å². The SMILES string of the molecule is Cc1ccc2c(c1OCc1ccccc1)C[C@@H](C(=O)O)N(C(=O)[C@@H](OCC(F)(F)F)c1ccccc1)C2. The Labute approximate surface area is 212 Å². The predicted octanol–water partition coefficient (Wildman–Crippen LogP) is 5.23. The largest absolute Gasteiger partial charge is 0.488 e. The topological polar surface area (TPSA) is 76.1 Å². The Hall–Kier alpha value is -3.85. The summed E-state index contributed by atoms with van der Waals surface area (Å²) in [5, 5.41) is 10.0. The molecule has 4 rings (SSSR count). The molecular formula is C28H26F3NO5. The fourth-order valence-corrected chi connectivity index (χ4v) is 4.40. The van der Waals surface area contributed by atoms with Crippen LogP contribution in [0.15, 0.2) is 72.8 Å². The average molecular weight is 514 g/mol. The normalized spacial score (nSPS) is 16.1. The number of carbonyl (C=O) groups excluding carboxylic acids is 1. The Morgan fingerprint density at radius 3 is 2.30 bits per heavy atom. The molecule has 37 heavy (non-hydrogen) atoms. The summed E-state index contributed by atoms with van der Waals surface area (Å²) in [5.41, 5.74) is 3.30. The van der Waals surface area contributed by atoms with Crippen LogP contribution in [0.25, 0.3) is 0 Å². The molecule has 3 aromatic carbocycles. The number of hydrogen-bond acceptors (Lipinski definition) is 4. The number of benzene rings is 3. The van der Waals surface area contributed by atoms with E-state index in [1.807, 2.05) is 43.3 Å². The number of aryl methyl sites for hydroxylation is 1. The molecular weight excluding hydrogens is 487 g/mol. The molecule has 0 unspecified atom stereocenters. The van der Waals surface area contributed by atoms with Crippen LogP contribution in [-0.4, -0.2) is 40.7 Å². The first-order chi connectivity index (χ1) is 17.6. The molecule has 6 nitrogen and oxygen atoms in total. The average Bonchev–Trinajstić information content (AvgIpc) is 2.88. The molecule has 0 aliphatic carbocycles. The van der Waals surface area contributed by atoms with Crippen molar-refractivity contribution >= 4 is 11.9 Å². The van der Waals surface area contributed by atoms with E-state index in [9.17, 15) is 27.9 Å². The van der Waals surface area contributed by atoms with E-state index >= 15 is 0 Å². The maximum Gasteiger partial charge on any atom is 0.411 e. The van der Waals surface area contributed by atoms with Crippen LogP contribution in [0, 0.1) is 6.92 Å². The van der Waals surface area contributed by atoms with E-state index in [0.29, 0.717) is 16.9 Å². The second-order valence-electron chi connectivity index (χ2n) is 8.86. The first kappa shape index (κ1) is 26.2. The summed E-state index contributed by atoms with van der Waals surface area (Å²) in [4.78, 5) is 26.9. The van der Waals surface area contributed by atoms with Crippen molar-refractivity contribution < 1.29 is 37.3 Å². The molecule has 0 radical (unpaired) electrons. The number of hydrogen-bond donors (Lipinski definition) is 1. The third kappa shape index (κ3) is 6.29. The van der Waals surface area contributed by atoms with Crippen molar-refractivity contribution in [2.45, 2.75) is 44.8 Å². The lowest BCUT2D eigenvalue weighted by Gasteiger charge is -2.37. The molecule has 1 aliphatic heterocycles. The summed E-state index contributed by atoms with van der Waals surface area (Å²) in [5.74, 6) is -1.56. The minimum Gasteiger partial charge on any atom is -0.488 e. The molecule has 1 heterocycles. The van der Waals surface area contributed by atoms with Crippen molar-refractivity contribution in [2.24, 2.45) is 0 Å². The highest BCUT2D eigenvalue weighted by atomic mass is 19.4. The molecule has 0 saturated heterocycles. The zero-order valence-electron chi connectivity index (χ0n) is 20.1. The van der Waals surface area contributed by atoms with E-state index in [4.69, 9.17) is 9.47 Å². The van der Waals surface area contributed by atoms with Crippen LogP contribution in [-0.2, 0) is 33.9 Å². The van der Waals surface area contributed by atoms with Gasteiger partial charge < -0.3 is 19.5 Å². The number of nitrogens with zero attached hydrogens (tertiary/aromatic N) is 1. The molecule has 2 atom stereocenters. The van der Waals surface area contributed by atoms with E-state index in [1.165, 1.54) is 12.1 Å². The molecule has 3 aromatic rings. The van der Waals surface area contributed by atoms with Gasteiger partial charge in [0.2, 0.25) is 0 Å². The molecule has 194 valence electrons. The number of aliphatic carboxylic acids is 1. The predicted molar refractivity (Wildman–Crippen MR) is 129 cm³/mol. The Kier molecular flexibility index (Phi) is 7.83. The van der Waals surface area contributed by atoms with E-state index in [1.54, 1.807) is 24.3 Å². The number of rotatable bonds is 8. The van der Waals surface area contributed by atoms with Gasteiger partial charge in [0.15, 0.2) is 6.10 Å². The molecule has 0 fully saturated rings. The highest BCUT2D eigenvalue weighted by molar-refractivity contribution is 5.88. The number of fused-ring (bicyclic) bond motifs is 1. The van der Waals surface area contributed by atoms with Gasteiger partial charge >= 0.3 is 12.1 Å². The van der Waals surface area contributed by atoms with Crippen LogP contribution >= 0.6 is 0 Å². The Morgan fingerprint density at radius 2 is 1.68 bits per heavy atom. The zero-order valence-corrected chi connectivity index (χ0v) is 20.1. The van der Waals surface area contributed by atoms with Gasteiger partial charge in [0.05, 0.1) is 0 Å². The maximum atomic E-state index is 13.5. The monoisotopic (exact) mass is 513 g/mol. The lowest BCUT2D eigenvalue weighted by atomic mass is 9.90. The molecule has 0 saturated carbocycles. The highest BCUT2D eigenvalue weighted by Gasteiger charge is 2.41. The number of carboxylic acid groups (broad SMARTS) is 1. The highest BCUT2D eigenvalue weighted by Crippen LogP contribution is 2.36. The van der Waals surface area contributed by atoms with Gasteiger partial charge in [-0.1, -0.05) is 72.8 Å². The van der Waals surface area contributed by atoms with Gasteiger partial charge in [-0.2, -0.15) is 13.2 Å². The minimum atomic E-state index is -4.66. The third-order valence-electron chi connectivity index (χ3n) is 6.20. The van der Waals surface area contributed by atoms with E-state index in [2.05, 4.69) is 0 Å². The lowest BCUT2D eigenvalue weighted by Crippen LogP contribution is -2.50. The van der Waals surface area contributed by atoms with Crippen molar-refractivity contribution in [1.82, 2.24) is 4.90 Å². The molecule has 0 spiro atoms. The summed E-state index contributed by atoms with van der Waals surface area (Å²) in [6.45, 7) is 0.382. The third-order valence-corrected chi connectivity index (χ3v) is 6.20. The second kappa shape index (κ2) is 11.0. The van der Waals surface area contributed by atoms with Crippen molar-refractivity contribution in [3.8, 4) is 5.75 Å². The van der Waals surface area contributed by atoms with E-state index in [-0.39, 0.29) is 25.1 Å². The van der Waals surface area contributed by atoms with Gasteiger partial charge in [0, 0.05) is 18.5 Å². The first-order valence-electron chi connectivity index (χ1n) is 11.7. The fraction of sp³-hybridized carbons (Fsp3) is 0.286. The molecule has 1 amide bonds. The number of amides is 1. The number of ether oxygens (including phenoxy) is 2. The molecule has 0 aromatic heterocycles. The summed E-state index contributed by atoms with van der Waals surface area (Å²) < 4.78 is 50.0. The van der Waals surface area contributed by atoms with Crippen molar-refractivity contribution in [3.05, 3.63) is 101 Å². The molecule has 1 aliphatic rings. The van der Waals surface area contributed by atoms with Crippen LogP contribution in [0.4, 0.5) is 13.2 Å².